The Kier molecular flexibility index (Phi) is 5.21. The molecule has 0 spiro atoms. The van der Waals surface area contributed by atoms with Gasteiger partial charge in [0.25, 0.3) is 6.47 Å². The van der Waals surface area contributed by atoms with E-state index in [0.29, 0.717) is 13.2 Å². The molecule has 0 unspecified atom stereocenters. The van der Waals surface area contributed by atoms with Gasteiger partial charge in [0.1, 0.15) is 6.73 Å². The summed E-state index contributed by atoms with van der Waals surface area (Å²) in [5.41, 5.74) is 0. The Labute approximate surface area is 55.6 Å². The normalized spacial score (nSPS) is 9.67. The second-order valence-corrected chi connectivity index (χ2v) is 1.97. The molecule has 3 nitrogen and oxygen atoms in total. The molecule has 0 aliphatic rings. The minimum Gasteiger partial charge on any atom is -0.452 e. The summed E-state index contributed by atoms with van der Waals surface area (Å²) >= 11 is 0. The molecule has 0 rings (SSSR count). The van der Waals surface area contributed by atoms with Crippen molar-refractivity contribution in [3.8, 4) is 0 Å². The first kappa shape index (κ1) is 8.43. The summed E-state index contributed by atoms with van der Waals surface area (Å²) in [6.07, 6.45) is 1.08. The molecule has 0 bridgehead atoms. The Morgan fingerprint density at radius 1 is 1.67 bits per heavy atom. The van der Waals surface area contributed by atoms with Crippen LogP contribution in [-0.2, 0) is 9.53 Å². The van der Waals surface area contributed by atoms with Crippen molar-refractivity contribution in [2.75, 3.05) is 20.3 Å². The van der Waals surface area contributed by atoms with Gasteiger partial charge >= 0.3 is 0 Å². The van der Waals surface area contributed by atoms with E-state index in [0.717, 1.165) is 13.0 Å². The number of carbonyl (C=O) groups excluding carboxylic acids is 1. The largest absolute Gasteiger partial charge is 0.452 e. The average Bonchev–Trinajstić information content (AvgIpc) is 1.85. The average molecular weight is 131 g/mol. The molecule has 0 radical (unpaired) electrons. The van der Waals surface area contributed by atoms with Crippen molar-refractivity contribution in [1.29, 1.82) is 0 Å². The first-order valence-corrected chi connectivity index (χ1v) is 3.05. The Morgan fingerprint density at radius 2 is 2.33 bits per heavy atom. The highest BCUT2D eigenvalue weighted by Crippen LogP contribution is 1.84. The first-order chi connectivity index (χ1) is 4.31. The summed E-state index contributed by atoms with van der Waals surface area (Å²) in [5.74, 6) is 0. The third-order valence-electron chi connectivity index (χ3n) is 0.968. The van der Waals surface area contributed by atoms with E-state index in [1.807, 2.05) is 11.9 Å². The SMILES string of the molecule is CCCN(C)COC=O. The zero-order valence-corrected chi connectivity index (χ0v) is 5.96. The molecule has 0 aromatic heterocycles. The van der Waals surface area contributed by atoms with E-state index in [2.05, 4.69) is 11.7 Å². The van der Waals surface area contributed by atoms with Gasteiger partial charge in [-0.25, -0.2) is 0 Å². The van der Waals surface area contributed by atoms with Crippen molar-refractivity contribution in [2.24, 2.45) is 0 Å². The van der Waals surface area contributed by atoms with Gasteiger partial charge in [-0.2, -0.15) is 0 Å². The molecule has 0 heterocycles. The highest BCUT2D eigenvalue weighted by atomic mass is 16.5. The molecule has 0 fully saturated rings. The number of ether oxygens (including phenoxy) is 1. The van der Waals surface area contributed by atoms with Crippen LogP contribution in [0.1, 0.15) is 13.3 Å². The molecular weight excluding hydrogens is 118 g/mol. The predicted molar refractivity (Wildman–Crippen MR) is 34.9 cm³/mol. The third-order valence-corrected chi connectivity index (χ3v) is 0.968. The van der Waals surface area contributed by atoms with Crippen LogP contribution in [0.15, 0.2) is 0 Å². The molecule has 0 atom stereocenters. The number of hydrogen-bond acceptors (Lipinski definition) is 3. The maximum absolute atomic E-state index is 9.66. The smallest absolute Gasteiger partial charge is 0.294 e. The molecule has 0 amide bonds. The Morgan fingerprint density at radius 3 is 2.78 bits per heavy atom. The molecule has 3 heteroatoms. The van der Waals surface area contributed by atoms with Crippen LogP contribution in [0.5, 0.6) is 0 Å². The van der Waals surface area contributed by atoms with E-state index < -0.39 is 0 Å². The third kappa shape index (κ3) is 5.30. The van der Waals surface area contributed by atoms with Crippen molar-refractivity contribution in [3.05, 3.63) is 0 Å². The van der Waals surface area contributed by atoms with Gasteiger partial charge in [0, 0.05) is 6.54 Å². The number of hydrogen-bond donors (Lipinski definition) is 0. The van der Waals surface area contributed by atoms with E-state index >= 15 is 0 Å². The lowest BCUT2D eigenvalue weighted by atomic mass is 10.5. The minimum absolute atomic E-state index is 0.400. The number of nitrogens with zero attached hydrogens (tertiary/aromatic N) is 1. The summed E-state index contributed by atoms with van der Waals surface area (Å²) in [6.45, 7) is 3.91. The second kappa shape index (κ2) is 5.56. The summed E-state index contributed by atoms with van der Waals surface area (Å²) in [7, 11) is 1.91. The summed E-state index contributed by atoms with van der Waals surface area (Å²) in [5, 5.41) is 0. The molecule has 0 N–H and O–H groups in total. The van der Waals surface area contributed by atoms with Crippen molar-refractivity contribution in [1.82, 2.24) is 4.90 Å². The molecule has 9 heavy (non-hydrogen) atoms. The molecule has 0 aromatic rings. The van der Waals surface area contributed by atoms with Crippen LogP contribution < -0.4 is 0 Å². The Hall–Kier alpha value is -0.570. The van der Waals surface area contributed by atoms with Crippen LogP contribution >= 0.6 is 0 Å². The van der Waals surface area contributed by atoms with Crippen LogP contribution in [0.3, 0.4) is 0 Å². The van der Waals surface area contributed by atoms with E-state index in [1.54, 1.807) is 0 Å². The molecule has 0 aliphatic heterocycles. The highest BCUT2D eigenvalue weighted by molar-refractivity contribution is 5.36. The Bertz CT molecular complexity index is 75.5. The molecular formula is C6H13NO2. The van der Waals surface area contributed by atoms with E-state index in [4.69, 9.17) is 0 Å². The quantitative estimate of drug-likeness (QED) is 0.401. The number of carbonyl (C=O) groups is 1. The maximum Gasteiger partial charge on any atom is 0.294 e. The van der Waals surface area contributed by atoms with Crippen molar-refractivity contribution in [3.63, 3.8) is 0 Å². The fourth-order valence-corrected chi connectivity index (χ4v) is 0.604. The van der Waals surface area contributed by atoms with Crippen LogP contribution in [0.4, 0.5) is 0 Å². The Balaban J connectivity index is 3.04. The van der Waals surface area contributed by atoms with Crippen molar-refractivity contribution in [2.45, 2.75) is 13.3 Å². The topological polar surface area (TPSA) is 29.5 Å². The lowest BCUT2D eigenvalue weighted by molar-refractivity contribution is -0.132. The van der Waals surface area contributed by atoms with Gasteiger partial charge in [0.05, 0.1) is 0 Å². The van der Waals surface area contributed by atoms with E-state index in [9.17, 15) is 4.79 Å². The van der Waals surface area contributed by atoms with Crippen molar-refractivity contribution < 1.29 is 9.53 Å². The van der Waals surface area contributed by atoms with Crippen LogP contribution in [0.25, 0.3) is 0 Å². The summed E-state index contributed by atoms with van der Waals surface area (Å²) in [4.78, 5) is 11.6. The van der Waals surface area contributed by atoms with Crippen LogP contribution in [-0.4, -0.2) is 31.7 Å². The standard InChI is InChI=1S/C6H13NO2/c1-3-4-7(2)5-9-6-8/h6H,3-5H2,1-2H3. The maximum atomic E-state index is 9.66. The van der Waals surface area contributed by atoms with Crippen molar-refractivity contribution >= 4 is 6.47 Å². The highest BCUT2D eigenvalue weighted by Gasteiger charge is 1.92. The zero-order chi connectivity index (χ0) is 7.11. The van der Waals surface area contributed by atoms with Gasteiger partial charge in [-0.05, 0) is 13.5 Å². The fraction of sp³-hybridized carbons (Fsp3) is 0.833. The van der Waals surface area contributed by atoms with Gasteiger partial charge in [-0.3, -0.25) is 9.69 Å². The van der Waals surface area contributed by atoms with E-state index in [-0.39, 0.29) is 0 Å². The summed E-state index contributed by atoms with van der Waals surface area (Å²) < 4.78 is 4.49. The molecule has 0 saturated heterocycles. The zero-order valence-electron chi connectivity index (χ0n) is 5.96. The van der Waals surface area contributed by atoms with Crippen LogP contribution in [0, 0.1) is 0 Å². The van der Waals surface area contributed by atoms with Gasteiger partial charge in [-0.15, -0.1) is 0 Å². The van der Waals surface area contributed by atoms with Crippen LogP contribution in [0.2, 0.25) is 0 Å². The molecule has 0 saturated carbocycles. The predicted octanol–water partition coefficient (Wildman–Crippen LogP) is 0.459. The second-order valence-electron chi connectivity index (χ2n) is 1.97. The monoisotopic (exact) mass is 131 g/mol. The first-order valence-electron chi connectivity index (χ1n) is 3.05. The lowest BCUT2D eigenvalue weighted by Crippen LogP contribution is -2.21. The molecule has 0 aliphatic carbocycles. The summed E-state index contributed by atoms with van der Waals surface area (Å²) in [6, 6.07) is 0. The minimum atomic E-state index is 0.400. The lowest BCUT2D eigenvalue weighted by Gasteiger charge is -2.12. The fourth-order valence-electron chi connectivity index (χ4n) is 0.604. The van der Waals surface area contributed by atoms with Gasteiger partial charge in [0.2, 0.25) is 0 Å². The van der Waals surface area contributed by atoms with E-state index in [1.165, 1.54) is 0 Å². The molecule has 54 valence electrons. The molecule has 0 aromatic carbocycles. The van der Waals surface area contributed by atoms with Gasteiger partial charge in [-0.1, -0.05) is 6.92 Å². The number of rotatable bonds is 5. The van der Waals surface area contributed by atoms with Gasteiger partial charge < -0.3 is 4.74 Å². The van der Waals surface area contributed by atoms with Gasteiger partial charge in [0.15, 0.2) is 0 Å².